The van der Waals surface area contributed by atoms with E-state index in [-0.39, 0.29) is 17.7 Å². The number of hydrogen-bond donors (Lipinski definition) is 2. The van der Waals surface area contributed by atoms with Crippen LogP contribution in [0.25, 0.3) is 0 Å². The van der Waals surface area contributed by atoms with Crippen molar-refractivity contribution in [3.05, 3.63) is 20.5 Å². The van der Waals surface area contributed by atoms with Crippen molar-refractivity contribution in [2.75, 3.05) is 0 Å². The van der Waals surface area contributed by atoms with Gasteiger partial charge in [0.05, 0.1) is 17.8 Å². The number of halogens is 1. The molecule has 17 heavy (non-hydrogen) atoms. The largest absolute Gasteiger partial charge is 0.391 e. The van der Waals surface area contributed by atoms with E-state index < -0.39 is 0 Å². The highest BCUT2D eigenvalue weighted by atomic mass is 79.9. The summed E-state index contributed by atoms with van der Waals surface area (Å²) in [6.45, 7) is 0. The van der Waals surface area contributed by atoms with Gasteiger partial charge in [-0.25, -0.2) is 4.68 Å². The molecule has 2 atom stereocenters. The molecule has 2 aliphatic rings. The fraction of sp³-hybridized carbons (Fsp3) is 0.750. The molecule has 1 heterocycles. The van der Waals surface area contributed by atoms with Gasteiger partial charge in [0.15, 0.2) is 0 Å². The maximum Gasteiger partial charge on any atom is 0.281 e. The normalized spacial score (nSPS) is 29.5. The van der Waals surface area contributed by atoms with Crippen LogP contribution >= 0.6 is 15.9 Å². The molecule has 0 aromatic carbocycles. The van der Waals surface area contributed by atoms with Crippen LogP contribution in [0.15, 0.2) is 9.27 Å². The first-order valence-corrected chi connectivity index (χ1v) is 7.15. The number of aliphatic hydroxyl groups excluding tert-OH is 1. The lowest BCUT2D eigenvalue weighted by atomic mass is 9.93. The molecule has 0 aliphatic heterocycles. The van der Waals surface area contributed by atoms with Gasteiger partial charge in [-0.3, -0.25) is 9.89 Å². The summed E-state index contributed by atoms with van der Waals surface area (Å²) in [5.41, 5.74) is 1.01. The van der Waals surface area contributed by atoms with Gasteiger partial charge in [0.1, 0.15) is 4.47 Å². The first kappa shape index (κ1) is 11.5. The van der Waals surface area contributed by atoms with Crippen molar-refractivity contribution in [1.82, 2.24) is 9.78 Å². The molecular formula is C12H17BrN2O2. The minimum Gasteiger partial charge on any atom is -0.391 e. The molecule has 1 aromatic rings. The third-order valence-corrected chi connectivity index (χ3v) is 4.66. The molecule has 4 nitrogen and oxygen atoms in total. The molecule has 2 aliphatic carbocycles. The van der Waals surface area contributed by atoms with Gasteiger partial charge >= 0.3 is 0 Å². The summed E-state index contributed by atoms with van der Waals surface area (Å²) >= 11 is 3.38. The van der Waals surface area contributed by atoms with Crippen LogP contribution in [0, 0.1) is 0 Å². The predicted octanol–water partition coefficient (Wildman–Crippen LogP) is 2.29. The van der Waals surface area contributed by atoms with E-state index in [0.29, 0.717) is 10.4 Å². The molecule has 2 saturated carbocycles. The van der Waals surface area contributed by atoms with Crippen LogP contribution < -0.4 is 5.56 Å². The average molecular weight is 301 g/mol. The van der Waals surface area contributed by atoms with Crippen LogP contribution in [0.1, 0.15) is 56.2 Å². The zero-order valence-electron chi connectivity index (χ0n) is 9.66. The minimum atomic E-state index is -0.390. The van der Waals surface area contributed by atoms with Gasteiger partial charge in [-0.15, -0.1) is 0 Å². The molecule has 0 spiro atoms. The Hall–Kier alpha value is -0.550. The molecular weight excluding hydrogens is 284 g/mol. The number of aromatic nitrogens is 2. The standard InChI is InChI=1S/C12H17BrN2O2/c13-10-11(7-5-6-7)14-15(12(10)17)8-3-1-2-4-9(8)16/h7-9,14,16H,1-6H2. The zero-order valence-corrected chi connectivity index (χ0v) is 11.2. The lowest BCUT2D eigenvalue weighted by molar-refractivity contribution is 0.0676. The van der Waals surface area contributed by atoms with E-state index in [4.69, 9.17) is 0 Å². The third-order valence-electron chi connectivity index (χ3n) is 3.90. The predicted molar refractivity (Wildman–Crippen MR) is 68.2 cm³/mol. The van der Waals surface area contributed by atoms with Crippen LogP contribution in [0.5, 0.6) is 0 Å². The summed E-state index contributed by atoms with van der Waals surface area (Å²) in [5.74, 6) is 0.513. The third kappa shape index (κ3) is 1.99. The lowest BCUT2D eigenvalue weighted by Gasteiger charge is -2.27. The second-order valence-electron chi connectivity index (χ2n) is 5.21. The monoisotopic (exact) mass is 300 g/mol. The van der Waals surface area contributed by atoms with Crippen molar-refractivity contribution in [2.24, 2.45) is 0 Å². The van der Waals surface area contributed by atoms with Crippen LogP contribution in [-0.2, 0) is 0 Å². The van der Waals surface area contributed by atoms with Crippen molar-refractivity contribution in [3.63, 3.8) is 0 Å². The van der Waals surface area contributed by atoms with Crippen LogP contribution in [0.2, 0.25) is 0 Å². The average Bonchev–Trinajstić information content (AvgIpc) is 3.11. The van der Waals surface area contributed by atoms with E-state index in [9.17, 15) is 9.90 Å². The van der Waals surface area contributed by atoms with Crippen LogP contribution in [-0.4, -0.2) is 21.0 Å². The maximum absolute atomic E-state index is 12.1. The summed E-state index contributed by atoms with van der Waals surface area (Å²) in [6, 6.07) is -0.0694. The summed E-state index contributed by atoms with van der Waals surface area (Å²) in [6.07, 6.45) is 5.76. The van der Waals surface area contributed by atoms with E-state index >= 15 is 0 Å². The molecule has 0 amide bonds. The number of nitrogens with one attached hydrogen (secondary N) is 1. The molecule has 2 fully saturated rings. The summed E-state index contributed by atoms with van der Waals surface area (Å²) in [5, 5.41) is 13.2. The molecule has 0 saturated heterocycles. The molecule has 0 radical (unpaired) electrons. The fourth-order valence-electron chi connectivity index (χ4n) is 2.72. The Labute approximate surface area is 108 Å². The Morgan fingerprint density at radius 1 is 1.24 bits per heavy atom. The SMILES string of the molecule is O=c1c(Br)c(C2CC2)[nH]n1C1CCCCC1O. The van der Waals surface area contributed by atoms with Crippen LogP contribution in [0.4, 0.5) is 0 Å². The van der Waals surface area contributed by atoms with E-state index in [1.807, 2.05) is 0 Å². The van der Waals surface area contributed by atoms with E-state index in [0.717, 1.165) is 44.2 Å². The molecule has 94 valence electrons. The second-order valence-corrected chi connectivity index (χ2v) is 6.00. The topological polar surface area (TPSA) is 58.0 Å². The van der Waals surface area contributed by atoms with Gasteiger partial charge in [-0.2, -0.15) is 0 Å². The number of aliphatic hydroxyl groups is 1. The summed E-state index contributed by atoms with van der Waals surface area (Å²) in [4.78, 5) is 12.1. The Bertz CT molecular complexity index is 475. The Balaban J connectivity index is 1.96. The molecule has 0 bridgehead atoms. The van der Waals surface area contributed by atoms with Gasteiger partial charge in [0, 0.05) is 5.92 Å². The highest BCUT2D eigenvalue weighted by Crippen LogP contribution is 2.41. The van der Waals surface area contributed by atoms with E-state index in [1.165, 1.54) is 0 Å². The Morgan fingerprint density at radius 3 is 2.59 bits per heavy atom. The fourth-order valence-corrected chi connectivity index (χ4v) is 3.32. The first-order chi connectivity index (χ1) is 8.18. The molecule has 2 N–H and O–H groups in total. The zero-order chi connectivity index (χ0) is 12.0. The number of hydrogen-bond acceptors (Lipinski definition) is 2. The smallest absolute Gasteiger partial charge is 0.281 e. The van der Waals surface area contributed by atoms with Crippen molar-refractivity contribution in [3.8, 4) is 0 Å². The van der Waals surface area contributed by atoms with Crippen LogP contribution in [0.3, 0.4) is 0 Å². The highest BCUT2D eigenvalue weighted by molar-refractivity contribution is 9.10. The number of H-pyrrole nitrogens is 1. The Morgan fingerprint density at radius 2 is 1.94 bits per heavy atom. The van der Waals surface area contributed by atoms with Crippen molar-refractivity contribution < 1.29 is 5.11 Å². The van der Waals surface area contributed by atoms with Gasteiger partial charge in [0.25, 0.3) is 5.56 Å². The van der Waals surface area contributed by atoms with Crippen molar-refractivity contribution >= 4 is 15.9 Å². The van der Waals surface area contributed by atoms with Crippen molar-refractivity contribution in [1.29, 1.82) is 0 Å². The van der Waals surface area contributed by atoms with E-state index in [1.54, 1.807) is 4.68 Å². The summed E-state index contributed by atoms with van der Waals surface area (Å²) < 4.78 is 2.31. The van der Waals surface area contributed by atoms with Gasteiger partial charge < -0.3 is 5.11 Å². The number of nitrogens with zero attached hydrogens (tertiary/aromatic N) is 1. The molecule has 1 aromatic heterocycles. The lowest BCUT2D eigenvalue weighted by Crippen LogP contribution is -2.33. The minimum absolute atomic E-state index is 0.0159. The van der Waals surface area contributed by atoms with Gasteiger partial charge in [-0.1, -0.05) is 12.8 Å². The first-order valence-electron chi connectivity index (χ1n) is 6.36. The van der Waals surface area contributed by atoms with Crippen molar-refractivity contribution in [2.45, 2.75) is 56.6 Å². The highest BCUT2D eigenvalue weighted by Gasteiger charge is 2.33. The quantitative estimate of drug-likeness (QED) is 0.880. The Kier molecular flexibility index (Phi) is 2.91. The second kappa shape index (κ2) is 4.28. The molecule has 3 rings (SSSR count). The van der Waals surface area contributed by atoms with Gasteiger partial charge in [0.2, 0.25) is 0 Å². The maximum atomic E-state index is 12.1. The number of aromatic amines is 1. The summed E-state index contributed by atoms with van der Waals surface area (Å²) in [7, 11) is 0. The molecule has 2 unspecified atom stereocenters. The van der Waals surface area contributed by atoms with Gasteiger partial charge in [-0.05, 0) is 41.6 Å². The molecule has 5 heteroatoms. The van der Waals surface area contributed by atoms with E-state index in [2.05, 4.69) is 21.0 Å². The number of rotatable bonds is 2.